The largest absolute Gasteiger partial charge is 0.304 e. The second-order valence-electron chi connectivity index (χ2n) is 4.75. The first-order valence-corrected chi connectivity index (χ1v) is 7.46. The van der Waals surface area contributed by atoms with Crippen molar-refractivity contribution in [2.45, 2.75) is 33.2 Å². The fourth-order valence-electron chi connectivity index (χ4n) is 1.98. The smallest absolute Gasteiger partial charge is 0.131 e. The molecule has 1 heterocycles. The summed E-state index contributed by atoms with van der Waals surface area (Å²) in [7, 11) is 0. The molecule has 20 heavy (non-hydrogen) atoms. The van der Waals surface area contributed by atoms with E-state index in [9.17, 15) is 8.78 Å². The molecule has 2 rings (SSSR count). The van der Waals surface area contributed by atoms with Gasteiger partial charge in [-0.25, -0.2) is 13.8 Å². The first kappa shape index (κ1) is 15.1. The summed E-state index contributed by atoms with van der Waals surface area (Å²) in [5.74, 6) is -1.10. The van der Waals surface area contributed by atoms with E-state index in [0.29, 0.717) is 5.56 Å². The number of benzene rings is 1. The summed E-state index contributed by atoms with van der Waals surface area (Å²) in [6.45, 7) is 6.73. The molecule has 108 valence electrons. The summed E-state index contributed by atoms with van der Waals surface area (Å²) in [5.41, 5.74) is 1.39. The SMILES string of the molecule is CCCNC(c1nc(C)c(C)s1)c1ccc(F)cc1F. The quantitative estimate of drug-likeness (QED) is 0.897. The lowest BCUT2D eigenvalue weighted by atomic mass is 10.1. The predicted octanol–water partition coefficient (Wildman–Crippen LogP) is 4.13. The molecule has 1 atom stereocenters. The summed E-state index contributed by atoms with van der Waals surface area (Å²) < 4.78 is 27.1. The van der Waals surface area contributed by atoms with Gasteiger partial charge in [0, 0.05) is 16.5 Å². The van der Waals surface area contributed by atoms with Gasteiger partial charge in [-0.2, -0.15) is 0 Å². The van der Waals surface area contributed by atoms with Crippen molar-refractivity contribution in [1.29, 1.82) is 0 Å². The van der Waals surface area contributed by atoms with Gasteiger partial charge in [0.05, 0.1) is 11.7 Å². The molecule has 0 amide bonds. The van der Waals surface area contributed by atoms with Gasteiger partial charge in [0.2, 0.25) is 0 Å². The topological polar surface area (TPSA) is 24.9 Å². The van der Waals surface area contributed by atoms with E-state index in [1.54, 1.807) is 11.3 Å². The van der Waals surface area contributed by atoms with E-state index in [4.69, 9.17) is 0 Å². The molecule has 0 fully saturated rings. The van der Waals surface area contributed by atoms with Crippen molar-refractivity contribution in [3.05, 3.63) is 51.0 Å². The van der Waals surface area contributed by atoms with Crippen LogP contribution in [0, 0.1) is 25.5 Å². The molecular formula is C15H18F2N2S. The molecule has 0 saturated carbocycles. The summed E-state index contributed by atoms with van der Waals surface area (Å²) in [5, 5.41) is 4.11. The van der Waals surface area contributed by atoms with Gasteiger partial charge in [-0.1, -0.05) is 13.0 Å². The minimum Gasteiger partial charge on any atom is -0.304 e. The summed E-state index contributed by atoms with van der Waals surface area (Å²) >= 11 is 1.55. The number of hydrogen-bond donors (Lipinski definition) is 1. The van der Waals surface area contributed by atoms with E-state index < -0.39 is 11.6 Å². The van der Waals surface area contributed by atoms with Gasteiger partial charge in [0.25, 0.3) is 0 Å². The van der Waals surface area contributed by atoms with Gasteiger partial charge in [0.15, 0.2) is 0 Å². The molecular weight excluding hydrogens is 278 g/mol. The molecule has 0 bridgehead atoms. The van der Waals surface area contributed by atoms with Gasteiger partial charge < -0.3 is 5.32 Å². The van der Waals surface area contributed by atoms with E-state index in [2.05, 4.69) is 10.3 Å². The zero-order valence-corrected chi connectivity index (χ0v) is 12.7. The maximum Gasteiger partial charge on any atom is 0.131 e. The molecule has 0 spiro atoms. The highest BCUT2D eigenvalue weighted by molar-refractivity contribution is 7.11. The van der Waals surface area contributed by atoms with E-state index >= 15 is 0 Å². The second kappa shape index (κ2) is 6.41. The van der Waals surface area contributed by atoms with Crippen molar-refractivity contribution in [3.63, 3.8) is 0 Å². The van der Waals surface area contributed by atoms with Crippen LogP contribution in [-0.4, -0.2) is 11.5 Å². The predicted molar refractivity (Wildman–Crippen MR) is 78.1 cm³/mol. The van der Waals surface area contributed by atoms with Crippen LogP contribution in [0.3, 0.4) is 0 Å². The third-order valence-electron chi connectivity index (χ3n) is 3.16. The molecule has 1 N–H and O–H groups in total. The van der Waals surface area contributed by atoms with Crippen molar-refractivity contribution in [2.24, 2.45) is 0 Å². The molecule has 2 aromatic rings. The first-order chi connectivity index (χ1) is 9.52. The lowest BCUT2D eigenvalue weighted by Crippen LogP contribution is -2.24. The Morgan fingerprint density at radius 2 is 2.05 bits per heavy atom. The third kappa shape index (κ3) is 3.22. The number of aromatic nitrogens is 1. The van der Waals surface area contributed by atoms with Crippen molar-refractivity contribution >= 4 is 11.3 Å². The van der Waals surface area contributed by atoms with Crippen LogP contribution in [0.5, 0.6) is 0 Å². The molecule has 0 aliphatic heterocycles. The zero-order valence-electron chi connectivity index (χ0n) is 11.8. The first-order valence-electron chi connectivity index (χ1n) is 6.65. The van der Waals surface area contributed by atoms with Crippen LogP contribution in [0.2, 0.25) is 0 Å². The van der Waals surface area contributed by atoms with Crippen LogP contribution >= 0.6 is 11.3 Å². The third-order valence-corrected chi connectivity index (χ3v) is 4.30. The van der Waals surface area contributed by atoms with Crippen molar-refractivity contribution in [2.75, 3.05) is 6.54 Å². The monoisotopic (exact) mass is 296 g/mol. The number of rotatable bonds is 5. The Morgan fingerprint density at radius 3 is 2.60 bits per heavy atom. The van der Waals surface area contributed by atoms with Gasteiger partial charge in [-0.3, -0.25) is 0 Å². The molecule has 0 aliphatic rings. The Bertz CT molecular complexity index is 576. The molecule has 0 radical (unpaired) electrons. The van der Waals surface area contributed by atoms with Crippen LogP contribution in [0.15, 0.2) is 18.2 Å². The fraction of sp³-hybridized carbons (Fsp3) is 0.400. The number of thiazole rings is 1. The Labute approximate surface area is 121 Å². The molecule has 1 aromatic heterocycles. The number of halogens is 2. The van der Waals surface area contributed by atoms with E-state index in [-0.39, 0.29) is 6.04 Å². The molecule has 5 heteroatoms. The van der Waals surface area contributed by atoms with Gasteiger partial charge in [-0.05, 0) is 32.9 Å². The average Bonchev–Trinajstić information content (AvgIpc) is 2.72. The lowest BCUT2D eigenvalue weighted by molar-refractivity contribution is 0.531. The van der Waals surface area contributed by atoms with Gasteiger partial charge in [0.1, 0.15) is 16.6 Å². The maximum atomic E-state index is 14.0. The van der Waals surface area contributed by atoms with E-state index in [1.165, 1.54) is 12.1 Å². The zero-order chi connectivity index (χ0) is 14.7. The van der Waals surface area contributed by atoms with Crippen LogP contribution in [0.25, 0.3) is 0 Å². The minimum atomic E-state index is -0.563. The average molecular weight is 296 g/mol. The van der Waals surface area contributed by atoms with E-state index in [1.807, 2.05) is 20.8 Å². The Balaban J connectivity index is 2.41. The molecule has 1 aromatic carbocycles. The minimum absolute atomic E-state index is 0.326. The number of aryl methyl sites for hydroxylation is 2. The number of hydrogen-bond acceptors (Lipinski definition) is 3. The highest BCUT2D eigenvalue weighted by atomic mass is 32.1. The van der Waals surface area contributed by atoms with Crippen molar-refractivity contribution in [1.82, 2.24) is 10.3 Å². The Hall–Kier alpha value is -1.33. The molecule has 1 unspecified atom stereocenters. The standard InChI is InChI=1S/C15H18F2N2S/c1-4-7-18-14(15-19-9(2)10(3)20-15)12-6-5-11(16)8-13(12)17/h5-6,8,14,18H,4,7H2,1-3H3. The summed E-state index contributed by atoms with van der Waals surface area (Å²) in [6.07, 6.45) is 0.933. The highest BCUT2D eigenvalue weighted by Gasteiger charge is 2.21. The summed E-state index contributed by atoms with van der Waals surface area (Å²) in [6, 6.07) is 3.37. The summed E-state index contributed by atoms with van der Waals surface area (Å²) in [4.78, 5) is 5.62. The lowest BCUT2D eigenvalue weighted by Gasteiger charge is -2.17. The Morgan fingerprint density at radius 1 is 1.30 bits per heavy atom. The normalized spacial score (nSPS) is 12.7. The van der Waals surface area contributed by atoms with E-state index in [0.717, 1.165) is 34.6 Å². The van der Waals surface area contributed by atoms with Crippen LogP contribution < -0.4 is 5.32 Å². The van der Waals surface area contributed by atoms with Crippen LogP contribution in [0.4, 0.5) is 8.78 Å². The molecule has 2 nitrogen and oxygen atoms in total. The van der Waals surface area contributed by atoms with Crippen LogP contribution in [-0.2, 0) is 0 Å². The van der Waals surface area contributed by atoms with Crippen molar-refractivity contribution < 1.29 is 8.78 Å². The molecule has 0 saturated heterocycles. The molecule has 0 aliphatic carbocycles. The number of nitrogens with zero attached hydrogens (tertiary/aromatic N) is 1. The second-order valence-corrected chi connectivity index (χ2v) is 5.98. The fourth-order valence-corrected chi connectivity index (χ4v) is 2.99. The number of nitrogens with one attached hydrogen (secondary N) is 1. The highest BCUT2D eigenvalue weighted by Crippen LogP contribution is 2.29. The Kier molecular flexibility index (Phi) is 4.83. The van der Waals surface area contributed by atoms with Crippen molar-refractivity contribution in [3.8, 4) is 0 Å². The van der Waals surface area contributed by atoms with Gasteiger partial charge in [-0.15, -0.1) is 11.3 Å². The van der Waals surface area contributed by atoms with Gasteiger partial charge >= 0.3 is 0 Å². The van der Waals surface area contributed by atoms with Crippen LogP contribution in [0.1, 0.15) is 40.5 Å². The maximum absolute atomic E-state index is 14.0.